The SMILES string of the molecule is O=[N+]([O-])c1cnc(Cl)nc1OC1CNC1. The summed E-state index contributed by atoms with van der Waals surface area (Å²) in [4.78, 5) is 17.2. The molecular formula is C7H7ClN4O3. The summed E-state index contributed by atoms with van der Waals surface area (Å²) in [5.41, 5.74) is -0.272. The largest absolute Gasteiger partial charge is 0.467 e. The molecule has 0 bridgehead atoms. The molecule has 15 heavy (non-hydrogen) atoms. The summed E-state index contributed by atoms with van der Waals surface area (Å²) in [6, 6.07) is 0. The molecule has 1 aliphatic rings. The molecule has 0 aromatic carbocycles. The molecule has 8 heteroatoms. The zero-order chi connectivity index (χ0) is 10.8. The van der Waals surface area contributed by atoms with Crippen LogP contribution in [0.5, 0.6) is 5.88 Å². The van der Waals surface area contributed by atoms with Crippen LogP contribution in [0.2, 0.25) is 5.28 Å². The van der Waals surface area contributed by atoms with Crippen LogP contribution in [-0.2, 0) is 0 Å². The fourth-order valence-electron chi connectivity index (χ4n) is 1.05. The molecule has 1 aromatic heterocycles. The fraction of sp³-hybridized carbons (Fsp3) is 0.429. The number of hydrogen-bond acceptors (Lipinski definition) is 6. The number of nitro groups is 1. The van der Waals surface area contributed by atoms with Crippen LogP contribution < -0.4 is 10.1 Å². The highest BCUT2D eigenvalue weighted by molar-refractivity contribution is 6.28. The highest BCUT2D eigenvalue weighted by Gasteiger charge is 2.25. The number of halogens is 1. The van der Waals surface area contributed by atoms with Crippen molar-refractivity contribution in [2.24, 2.45) is 0 Å². The van der Waals surface area contributed by atoms with Crippen molar-refractivity contribution >= 4 is 17.3 Å². The van der Waals surface area contributed by atoms with Gasteiger partial charge in [0.2, 0.25) is 5.28 Å². The van der Waals surface area contributed by atoms with Gasteiger partial charge in [0.15, 0.2) is 0 Å². The van der Waals surface area contributed by atoms with Crippen molar-refractivity contribution in [2.75, 3.05) is 13.1 Å². The van der Waals surface area contributed by atoms with Gasteiger partial charge < -0.3 is 10.1 Å². The van der Waals surface area contributed by atoms with E-state index in [0.29, 0.717) is 13.1 Å². The minimum atomic E-state index is -0.599. The smallest absolute Gasteiger partial charge is 0.349 e. The molecule has 2 rings (SSSR count). The van der Waals surface area contributed by atoms with Crippen LogP contribution in [0.25, 0.3) is 0 Å². The van der Waals surface area contributed by atoms with E-state index in [1.165, 1.54) is 0 Å². The Hall–Kier alpha value is -1.47. The average molecular weight is 231 g/mol. The molecule has 0 spiro atoms. The Kier molecular flexibility index (Phi) is 2.65. The van der Waals surface area contributed by atoms with Crippen molar-refractivity contribution in [3.05, 3.63) is 21.6 Å². The first-order chi connectivity index (χ1) is 7.16. The third-order valence-corrected chi connectivity index (χ3v) is 2.11. The zero-order valence-corrected chi connectivity index (χ0v) is 8.27. The highest BCUT2D eigenvalue weighted by atomic mass is 35.5. The first-order valence-corrected chi connectivity index (χ1v) is 4.59. The first-order valence-electron chi connectivity index (χ1n) is 4.21. The van der Waals surface area contributed by atoms with Gasteiger partial charge in [-0.1, -0.05) is 0 Å². The van der Waals surface area contributed by atoms with Gasteiger partial charge in [0.05, 0.1) is 4.92 Å². The second kappa shape index (κ2) is 3.95. The van der Waals surface area contributed by atoms with Gasteiger partial charge in [0.25, 0.3) is 5.88 Å². The molecule has 1 fully saturated rings. The lowest BCUT2D eigenvalue weighted by Crippen LogP contribution is -2.50. The van der Waals surface area contributed by atoms with E-state index >= 15 is 0 Å². The molecular weight excluding hydrogens is 224 g/mol. The minimum Gasteiger partial charge on any atom is -0.467 e. The number of rotatable bonds is 3. The van der Waals surface area contributed by atoms with E-state index in [-0.39, 0.29) is 23.0 Å². The van der Waals surface area contributed by atoms with Crippen molar-refractivity contribution in [1.29, 1.82) is 0 Å². The summed E-state index contributed by atoms with van der Waals surface area (Å²) in [6.45, 7) is 1.30. The lowest BCUT2D eigenvalue weighted by molar-refractivity contribution is -0.386. The molecule has 1 aromatic rings. The number of nitrogens with one attached hydrogen (secondary N) is 1. The second-order valence-electron chi connectivity index (χ2n) is 2.98. The summed E-state index contributed by atoms with van der Waals surface area (Å²) in [5, 5.41) is 13.5. The fourth-order valence-corrected chi connectivity index (χ4v) is 1.18. The first kappa shape index (κ1) is 10.1. The Morgan fingerprint density at radius 3 is 2.93 bits per heavy atom. The van der Waals surface area contributed by atoms with Gasteiger partial charge >= 0.3 is 5.69 Å². The molecule has 0 aliphatic carbocycles. The maximum absolute atomic E-state index is 10.6. The molecule has 80 valence electrons. The summed E-state index contributed by atoms with van der Waals surface area (Å²) in [5.74, 6) is -0.0773. The van der Waals surface area contributed by atoms with E-state index in [0.717, 1.165) is 6.20 Å². The number of nitrogens with zero attached hydrogens (tertiary/aromatic N) is 3. The van der Waals surface area contributed by atoms with Crippen LogP contribution >= 0.6 is 11.6 Å². The van der Waals surface area contributed by atoms with Gasteiger partial charge in [-0.3, -0.25) is 10.1 Å². The van der Waals surface area contributed by atoms with Gasteiger partial charge in [-0.2, -0.15) is 4.98 Å². The molecule has 1 N–H and O–H groups in total. The summed E-state index contributed by atoms with van der Waals surface area (Å²) in [6.07, 6.45) is 0.950. The maximum Gasteiger partial charge on any atom is 0.349 e. The summed E-state index contributed by atoms with van der Waals surface area (Å²) in [7, 11) is 0. The van der Waals surface area contributed by atoms with Crippen molar-refractivity contribution < 1.29 is 9.66 Å². The number of hydrogen-bond donors (Lipinski definition) is 1. The van der Waals surface area contributed by atoms with Crippen molar-refractivity contribution in [2.45, 2.75) is 6.10 Å². The minimum absolute atomic E-state index is 0.0668. The lowest BCUT2D eigenvalue weighted by Gasteiger charge is -2.26. The van der Waals surface area contributed by atoms with E-state index in [1.54, 1.807) is 0 Å². The van der Waals surface area contributed by atoms with Crippen molar-refractivity contribution in [1.82, 2.24) is 15.3 Å². The maximum atomic E-state index is 10.6. The zero-order valence-electron chi connectivity index (χ0n) is 7.51. The monoisotopic (exact) mass is 230 g/mol. The molecule has 7 nitrogen and oxygen atoms in total. The quantitative estimate of drug-likeness (QED) is 0.459. The van der Waals surface area contributed by atoms with E-state index < -0.39 is 4.92 Å². The number of ether oxygens (including phenoxy) is 1. The predicted molar refractivity (Wildman–Crippen MR) is 51.0 cm³/mol. The molecule has 0 unspecified atom stereocenters. The lowest BCUT2D eigenvalue weighted by atomic mass is 10.2. The normalized spacial score (nSPS) is 15.8. The van der Waals surface area contributed by atoms with Gasteiger partial charge in [0.1, 0.15) is 12.3 Å². The summed E-state index contributed by atoms with van der Waals surface area (Å²) >= 11 is 5.53. The predicted octanol–water partition coefficient (Wildman–Crippen LogP) is 0.389. The molecule has 1 saturated heterocycles. The number of aromatic nitrogens is 2. The Bertz CT molecular complexity index is 396. The van der Waals surface area contributed by atoms with Crippen LogP contribution in [0.4, 0.5) is 5.69 Å². The van der Waals surface area contributed by atoms with Crippen molar-refractivity contribution in [3.63, 3.8) is 0 Å². The standard InChI is InChI=1S/C7H7ClN4O3/c8-7-10-3-5(12(13)14)6(11-7)15-4-1-9-2-4/h3-4,9H,1-2H2. The van der Waals surface area contributed by atoms with Crippen LogP contribution in [0.15, 0.2) is 6.20 Å². The molecule has 2 heterocycles. The van der Waals surface area contributed by atoms with Crippen LogP contribution in [0, 0.1) is 10.1 Å². The van der Waals surface area contributed by atoms with E-state index in [4.69, 9.17) is 16.3 Å². The molecule has 0 radical (unpaired) electrons. The van der Waals surface area contributed by atoms with Gasteiger partial charge in [-0.15, -0.1) is 0 Å². The van der Waals surface area contributed by atoms with E-state index in [9.17, 15) is 10.1 Å². The van der Waals surface area contributed by atoms with Gasteiger partial charge in [-0.25, -0.2) is 4.98 Å². The molecule has 1 aliphatic heterocycles. The Labute approximate surface area is 89.6 Å². The summed E-state index contributed by atoms with van der Waals surface area (Å²) < 4.78 is 5.28. The Morgan fingerprint density at radius 1 is 1.67 bits per heavy atom. The van der Waals surface area contributed by atoms with Gasteiger partial charge in [0, 0.05) is 13.1 Å². The van der Waals surface area contributed by atoms with Gasteiger partial charge in [-0.05, 0) is 11.6 Å². The Balaban J connectivity index is 2.24. The third kappa shape index (κ3) is 2.13. The average Bonchev–Trinajstić information content (AvgIpc) is 2.11. The highest BCUT2D eigenvalue weighted by Crippen LogP contribution is 2.25. The Morgan fingerprint density at radius 2 is 2.40 bits per heavy atom. The third-order valence-electron chi connectivity index (χ3n) is 1.93. The molecule has 0 amide bonds. The van der Waals surface area contributed by atoms with Crippen LogP contribution in [0.1, 0.15) is 0 Å². The van der Waals surface area contributed by atoms with Crippen LogP contribution in [-0.4, -0.2) is 34.1 Å². The molecule has 0 saturated carbocycles. The second-order valence-corrected chi connectivity index (χ2v) is 3.32. The topological polar surface area (TPSA) is 90.2 Å². The van der Waals surface area contributed by atoms with E-state index in [1.807, 2.05) is 0 Å². The molecule has 0 atom stereocenters. The van der Waals surface area contributed by atoms with E-state index in [2.05, 4.69) is 15.3 Å². The van der Waals surface area contributed by atoms with Crippen molar-refractivity contribution in [3.8, 4) is 5.88 Å². The van der Waals surface area contributed by atoms with Crippen LogP contribution in [0.3, 0.4) is 0 Å².